The molecule has 25 heavy (non-hydrogen) atoms. The lowest BCUT2D eigenvalue weighted by molar-refractivity contribution is -0.0159. The molecule has 1 N–H and O–H groups in total. The maximum Gasteiger partial charge on any atom is 0.150 e. The van der Waals surface area contributed by atoms with E-state index in [1.54, 1.807) is 23.8 Å². The Hall–Kier alpha value is -2.29. The summed E-state index contributed by atoms with van der Waals surface area (Å²) >= 11 is 1.67. The average molecular weight is 357 g/mol. The number of nitrogens with zero attached hydrogens (tertiary/aromatic N) is 4. The number of furan rings is 1. The minimum absolute atomic E-state index is 0.0306. The van der Waals surface area contributed by atoms with Gasteiger partial charge in [0.25, 0.3) is 0 Å². The second-order valence-corrected chi connectivity index (χ2v) is 6.70. The normalized spacial score (nSPS) is 18.3. The molecule has 4 heterocycles. The van der Waals surface area contributed by atoms with Gasteiger partial charge in [-0.3, -0.25) is 4.90 Å². The lowest BCUT2D eigenvalue weighted by atomic mass is 10.2. The molecule has 1 fully saturated rings. The van der Waals surface area contributed by atoms with Gasteiger partial charge in [0.1, 0.15) is 22.4 Å². The quantitative estimate of drug-likeness (QED) is 0.727. The molecular formula is C17H19N5O2S. The Balaban J connectivity index is 1.47. The van der Waals surface area contributed by atoms with Gasteiger partial charge in [-0.05, 0) is 18.2 Å². The summed E-state index contributed by atoms with van der Waals surface area (Å²) in [6.07, 6.45) is 5.28. The van der Waals surface area contributed by atoms with E-state index < -0.39 is 0 Å². The number of anilines is 1. The summed E-state index contributed by atoms with van der Waals surface area (Å²) in [4.78, 5) is 15.9. The summed E-state index contributed by atoms with van der Waals surface area (Å²) in [5, 5.41) is 6.37. The van der Waals surface area contributed by atoms with Gasteiger partial charge in [-0.2, -0.15) is 0 Å². The maximum atomic E-state index is 5.67. The molecule has 3 aromatic heterocycles. The van der Waals surface area contributed by atoms with Crippen LogP contribution in [0, 0.1) is 0 Å². The van der Waals surface area contributed by atoms with Crippen LogP contribution in [-0.4, -0.2) is 39.6 Å². The number of hydrogen-bond acceptors (Lipinski definition) is 8. The van der Waals surface area contributed by atoms with Gasteiger partial charge in [0, 0.05) is 24.3 Å². The number of nitrogens with one attached hydrogen (secondary N) is 1. The van der Waals surface area contributed by atoms with Crippen LogP contribution in [0.3, 0.4) is 0 Å². The highest BCUT2D eigenvalue weighted by molar-refractivity contribution is 7.09. The van der Waals surface area contributed by atoms with E-state index in [1.807, 2.05) is 29.8 Å². The summed E-state index contributed by atoms with van der Waals surface area (Å²) < 4.78 is 11.0. The van der Waals surface area contributed by atoms with Crippen molar-refractivity contribution in [2.45, 2.75) is 19.1 Å². The Kier molecular flexibility index (Phi) is 5.01. The first-order chi connectivity index (χ1) is 12.4. The molecule has 0 spiro atoms. The molecule has 7 nitrogen and oxygen atoms in total. The van der Waals surface area contributed by atoms with Crippen LogP contribution in [0.15, 0.2) is 46.7 Å². The fourth-order valence-electron chi connectivity index (χ4n) is 2.79. The van der Waals surface area contributed by atoms with Crippen LogP contribution in [0.25, 0.3) is 0 Å². The highest BCUT2D eigenvalue weighted by atomic mass is 32.1. The Morgan fingerprint density at radius 2 is 2.28 bits per heavy atom. The first kappa shape index (κ1) is 16.2. The van der Waals surface area contributed by atoms with E-state index in [9.17, 15) is 0 Å². The monoisotopic (exact) mass is 357 g/mol. The predicted molar refractivity (Wildman–Crippen MR) is 94.2 cm³/mol. The molecule has 130 valence electrons. The molecule has 0 bridgehead atoms. The van der Waals surface area contributed by atoms with E-state index in [0.29, 0.717) is 13.2 Å². The summed E-state index contributed by atoms with van der Waals surface area (Å²) in [7, 11) is 0. The van der Waals surface area contributed by atoms with E-state index in [-0.39, 0.29) is 6.04 Å². The van der Waals surface area contributed by atoms with Crippen molar-refractivity contribution in [3.63, 3.8) is 0 Å². The molecule has 1 saturated heterocycles. The number of thiazole rings is 1. The van der Waals surface area contributed by atoms with Crippen molar-refractivity contribution in [3.8, 4) is 0 Å². The lowest BCUT2D eigenvalue weighted by Crippen LogP contribution is -2.39. The van der Waals surface area contributed by atoms with Crippen molar-refractivity contribution in [1.82, 2.24) is 19.9 Å². The van der Waals surface area contributed by atoms with Crippen molar-refractivity contribution in [1.29, 1.82) is 0 Å². The largest absolute Gasteiger partial charge is 0.467 e. The first-order valence-electron chi connectivity index (χ1n) is 8.18. The number of morpholine rings is 1. The zero-order chi connectivity index (χ0) is 16.9. The van der Waals surface area contributed by atoms with Gasteiger partial charge in [-0.15, -0.1) is 11.3 Å². The topological polar surface area (TPSA) is 76.3 Å². The molecule has 0 amide bonds. The number of hydrogen-bond donors (Lipinski definition) is 1. The van der Waals surface area contributed by atoms with Crippen molar-refractivity contribution >= 4 is 17.2 Å². The highest BCUT2D eigenvalue weighted by Crippen LogP contribution is 2.24. The van der Waals surface area contributed by atoms with Gasteiger partial charge >= 0.3 is 0 Å². The molecule has 1 aliphatic rings. The van der Waals surface area contributed by atoms with Crippen LogP contribution >= 0.6 is 11.3 Å². The Morgan fingerprint density at radius 1 is 1.28 bits per heavy atom. The highest BCUT2D eigenvalue weighted by Gasteiger charge is 2.27. The summed E-state index contributed by atoms with van der Waals surface area (Å²) in [5.41, 5.74) is 0. The van der Waals surface area contributed by atoms with Crippen molar-refractivity contribution < 1.29 is 9.15 Å². The third kappa shape index (κ3) is 4.04. The zero-order valence-corrected chi connectivity index (χ0v) is 14.5. The first-order valence-corrected chi connectivity index (χ1v) is 9.06. The Bertz CT molecular complexity index is 778. The second kappa shape index (κ2) is 7.73. The molecule has 3 aromatic rings. The fourth-order valence-corrected chi connectivity index (χ4v) is 3.43. The van der Waals surface area contributed by atoms with Gasteiger partial charge in [-0.1, -0.05) is 0 Å². The molecule has 0 aromatic carbocycles. The number of ether oxygens (including phenoxy) is 1. The SMILES string of the molecule is c1coc(CNc2ccnc([C@@H]3COCCN3Cc3nccs3)n2)c1. The van der Waals surface area contributed by atoms with Crippen LogP contribution in [0.2, 0.25) is 0 Å². The summed E-state index contributed by atoms with van der Waals surface area (Å²) in [5.74, 6) is 2.41. The van der Waals surface area contributed by atoms with Gasteiger partial charge in [0.05, 0.1) is 38.6 Å². The van der Waals surface area contributed by atoms with E-state index in [4.69, 9.17) is 9.15 Å². The fraction of sp³-hybridized carbons (Fsp3) is 0.353. The molecule has 0 saturated carbocycles. The summed E-state index contributed by atoms with van der Waals surface area (Å²) in [6, 6.07) is 5.70. The average Bonchev–Trinajstić information content (AvgIpc) is 3.35. The molecule has 1 aliphatic heterocycles. The molecular weight excluding hydrogens is 338 g/mol. The predicted octanol–water partition coefficient (Wildman–Crippen LogP) is 2.71. The third-order valence-corrected chi connectivity index (χ3v) is 4.82. The van der Waals surface area contributed by atoms with Crippen LogP contribution in [-0.2, 0) is 17.8 Å². The Labute approximate surface area is 149 Å². The molecule has 1 atom stereocenters. The number of rotatable bonds is 6. The standard InChI is InChI=1S/C17H19N5O2S/c1-2-13(24-7-1)10-20-15-3-4-19-17(21-15)14-12-23-8-6-22(14)11-16-18-5-9-25-16/h1-5,7,9,14H,6,8,10-12H2,(H,19,20,21)/t14-/m0/s1. The van der Waals surface area contributed by atoms with Crippen LogP contribution in [0.1, 0.15) is 22.6 Å². The maximum absolute atomic E-state index is 5.67. The van der Waals surface area contributed by atoms with Gasteiger partial charge in [0.2, 0.25) is 0 Å². The Morgan fingerprint density at radius 3 is 3.12 bits per heavy atom. The van der Waals surface area contributed by atoms with Crippen LogP contribution < -0.4 is 5.32 Å². The molecule has 0 radical (unpaired) electrons. The van der Waals surface area contributed by atoms with Gasteiger partial charge in [-0.25, -0.2) is 15.0 Å². The van der Waals surface area contributed by atoms with Crippen molar-refractivity contribution in [3.05, 3.63) is 58.8 Å². The van der Waals surface area contributed by atoms with E-state index in [2.05, 4.69) is 25.2 Å². The van der Waals surface area contributed by atoms with E-state index in [0.717, 1.165) is 42.1 Å². The van der Waals surface area contributed by atoms with E-state index in [1.165, 1.54) is 0 Å². The van der Waals surface area contributed by atoms with E-state index >= 15 is 0 Å². The van der Waals surface area contributed by atoms with Crippen LogP contribution in [0.4, 0.5) is 5.82 Å². The van der Waals surface area contributed by atoms with Gasteiger partial charge in [0.15, 0.2) is 0 Å². The van der Waals surface area contributed by atoms with Gasteiger partial charge < -0.3 is 14.5 Å². The minimum Gasteiger partial charge on any atom is -0.467 e. The van der Waals surface area contributed by atoms with Crippen molar-refractivity contribution in [2.75, 3.05) is 25.1 Å². The molecule has 8 heteroatoms. The smallest absolute Gasteiger partial charge is 0.150 e. The second-order valence-electron chi connectivity index (χ2n) is 5.72. The minimum atomic E-state index is 0.0306. The molecule has 0 aliphatic carbocycles. The zero-order valence-electron chi connectivity index (χ0n) is 13.7. The lowest BCUT2D eigenvalue weighted by Gasteiger charge is -2.33. The van der Waals surface area contributed by atoms with Crippen LogP contribution in [0.5, 0.6) is 0 Å². The van der Waals surface area contributed by atoms with Crippen molar-refractivity contribution in [2.24, 2.45) is 0 Å². The summed E-state index contributed by atoms with van der Waals surface area (Å²) in [6.45, 7) is 3.54. The third-order valence-electron chi connectivity index (χ3n) is 4.06. The molecule has 4 rings (SSSR count). The number of aromatic nitrogens is 3. The molecule has 0 unspecified atom stereocenters.